The summed E-state index contributed by atoms with van der Waals surface area (Å²) in [5.74, 6) is -0.360. The zero-order valence-electron chi connectivity index (χ0n) is 13.7. The first-order chi connectivity index (χ1) is 11.4. The van der Waals surface area contributed by atoms with Gasteiger partial charge in [-0.2, -0.15) is 0 Å². The number of rotatable bonds is 3. The average molecular weight is 323 g/mol. The van der Waals surface area contributed by atoms with E-state index in [0.29, 0.717) is 22.3 Å². The molecule has 0 unspecified atom stereocenters. The molecule has 0 atom stereocenters. The van der Waals surface area contributed by atoms with E-state index in [1.807, 2.05) is 0 Å². The number of hydrogen-bond donors (Lipinski definition) is 1. The van der Waals surface area contributed by atoms with Crippen molar-refractivity contribution in [3.63, 3.8) is 0 Å². The highest BCUT2D eigenvalue weighted by atomic mass is 16.2. The zero-order chi connectivity index (χ0) is 17.4. The van der Waals surface area contributed by atoms with Crippen LogP contribution in [0.3, 0.4) is 0 Å². The smallest absolute Gasteiger partial charge is 0.322 e. The number of anilines is 1. The fourth-order valence-corrected chi connectivity index (χ4v) is 2.67. The standard InChI is InChI=1S/C18H17N3O3/c1-11(22)12-5-4-6-14(9-12)19-17(23)13-7-8-15-16(10-13)21(3)18(24)20(15)2/h4-10H,1-3H3,(H,19,23). The lowest BCUT2D eigenvalue weighted by Crippen LogP contribution is -2.19. The third-order valence-electron chi connectivity index (χ3n) is 4.06. The lowest BCUT2D eigenvalue weighted by Gasteiger charge is -2.07. The van der Waals surface area contributed by atoms with Crippen molar-refractivity contribution < 1.29 is 9.59 Å². The quantitative estimate of drug-likeness (QED) is 0.752. The number of aromatic nitrogens is 2. The first-order valence-electron chi connectivity index (χ1n) is 7.46. The summed E-state index contributed by atoms with van der Waals surface area (Å²) in [6.45, 7) is 1.48. The van der Waals surface area contributed by atoms with Gasteiger partial charge in [-0.15, -0.1) is 0 Å². The molecular weight excluding hydrogens is 306 g/mol. The van der Waals surface area contributed by atoms with E-state index in [2.05, 4.69) is 5.32 Å². The van der Waals surface area contributed by atoms with Crippen molar-refractivity contribution in [2.75, 3.05) is 5.32 Å². The second-order valence-electron chi connectivity index (χ2n) is 5.70. The van der Waals surface area contributed by atoms with Gasteiger partial charge in [-0.3, -0.25) is 18.7 Å². The molecule has 3 rings (SSSR count). The molecule has 2 aromatic carbocycles. The summed E-state index contributed by atoms with van der Waals surface area (Å²) < 4.78 is 3.04. The van der Waals surface area contributed by atoms with Gasteiger partial charge in [-0.1, -0.05) is 12.1 Å². The lowest BCUT2D eigenvalue weighted by molar-refractivity contribution is 0.101. The normalized spacial score (nSPS) is 10.8. The Morgan fingerprint density at radius 3 is 2.33 bits per heavy atom. The third kappa shape index (κ3) is 2.62. The van der Waals surface area contributed by atoms with Crippen LogP contribution in [0, 0.1) is 0 Å². The maximum absolute atomic E-state index is 12.5. The van der Waals surface area contributed by atoms with Gasteiger partial charge >= 0.3 is 5.69 Å². The third-order valence-corrected chi connectivity index (χ3v) is 4.06. The summed E-state index contributed by atoms with van der Waals surface area (Å²) in [5, 5.41) is 2.77. The number of benzene rings is 2. The van der Waals surface area contributed by atoms with Crippen LogP contribution in [0.4, 0.5) is 5.69 Å². The lowest BCUT2D eigenvalue weighted by atomic mass is 10.1. The highest BCUT2D eigenvalue weighted by Gasteiger charge is 2.12. The first-order valence-corrected chi connectivity index (χ1v) is 7.46. The van der Waals surface area contributed by atoms with Crippen molar-refractivity contribution in [1.29, 1.82) is 0 Å². The summed E-state index contributed by atoms with van der Waals surface area (Å²) in [4.78, 5) is 35.8. The minimum Gasteiger partial charge on any atom is -0.322 e. The van der Waals surface area contributed by atoms with Crippen molar-refractivity contribution in [3.05, 3.63) is 64.1 Å². The van der Waals surface area contributed by atoms with Crippen molar-refractivity contribution >= 4 is 28.4 Å². The Bertz CT molecular complexity index is 1030. The maximum atomic E-state index is 12.5. The number of carbonyl (C=O) groups is 2. The predicted octanol–water partition coefficient (Wildman–Crippen LogP) is 2.33. The van der Waals surface area contributed by atoms with Crippen LogP contribution in [0.15, 0.2) is 47.3 Å². The zero-order valence-corrected chi connectivity index (χ0v) is 13.7. The second-order valence-corrected chi connectivity index (χ2v) is 5.70. The topological polar surface area (TPSA) is 73.1 Å². The Labute approximate surface area is 138 Å². The molecular formula is C18H17N3O3. The van der Waals surface area contributed by atoms with Gasteiger partial charge in [0.2, 0.25) is 0 Å². The summed E-state index contributed by atoms with van der Waals surface area (Å²) in [7, 11) is 3.36. The molecule has 6 nitrogen and oxygen atoms in total. The van der Waals surface area contributed by atoms with E-state index in [-0.39, 0.29) is 17.4 Å². The van der Waals surface area contributed by atoms with Gasteiger partial charge in [-0.05, 0) is 37.3 Å². The van der Waals surface area contributed by atoms with E-state index < -0.39 is 0 Å². The van der Waals surface area contributed by atoms with Crippen LogP contribution in [0.5, 0.6) is 0 Å². The molecule has 3 aromatic rings. The van der Waals surface area contributed by atoms with Gasteiger partial charge in [0.15, 0.2) is 5.78 Å². The Hall–Kier alpha value is -3.15. The molecule has 0 spiro atoms. The van der Waals surface area contributed by atoms with Crippen molar-refractivity contribution in [3.8, 4) is 0 Å². The van der Waals surface area contributed by atoms with Crippen LogP contribution in [0.1, 0.15) is 27.6 Å². The molecule has 1 aromatic heterocycles. The van der Waals surface area contributed by atoms with E-state index in [9.17, 15) is 14.4 Å². The van der Waals surface area contributed by atoms with Crippen LogP contribution in [0.25, 0.3) is 11.0 Å². The predicted molar refractivity (Wildman–Crippen MR) is 92.6 cm³/mol. The molecule has 6 heteroatoms. The van der Waals surface area contributed by atoms with E-state index in [4.69, 9.17) is 0 Å². The molecule has 0 aliphatic carbocycles. The van der Waals surface area contributed by atoms with Crippen LogP contribution in [-0.2, 0) is 14.1 Å². The summed E-state index contributed by atoms with van der Waals surface area (Å²) in [6.07, 6.45) is 0. The number of fused-ring (bicyclic) bond motifs is 1. The Morgan fingerprint density at radius 2 is 1.62 bits per heavy atom. The number of nitrogens with one attached hydrogen (secondary N) is 1. The molecule has 0 saturated heterocycles. The number of carbonyl (C=O) groups excluding carboxylic acids is 2. The number of hydrogen-bond acceptors (Lipinski definition) is 3. The molecule has 0 saturated carbocycles. The fourth-order valence-electron chi connectivity index (χ4n) is 2.67. The van der Waals surface area contributed by atoms with Crippen LogP contribution >= 0.6 is 0 Å². The Kier molecular flexibility index (Phi) is 3.81. The van der Waals surface area contributed by atoms with E-state index in [1.54, 1.807) is 56.6 Å². The van der Waals surface area contributed by atoms with E-state index in [0.717, 1.165) is 5.52 Å². The Morgan fingerprint density at radius 1 is 0.917 bits per heavy atom. The molecule has 1 heterocycles. The molecule has 1 amide bonds. The van der Waals surface area contributed by atoms with Crippen molar-refractivity contribution in [2.45, 2.75) is 6.92 Å². The van der Waals surface area contributed by atoms with Crippen molar-refractivity contribution in [1.82, 2.24) is 9.13 Å². The van der Waals surface area contributed by atoms with Gasteiger partial charge < -0.3 is 5.32 Å². The van der Waals surface area contributed by atoms with Crippen LogP contribution < -0.4 is 11.0 Å². The summed E-state index contributed by atoms with van der Waals surface area (Å²) in [6, 6.07) is 11.9. The van der Waals surface area contributed by atoms with Gasteiger partial charge in [0.1, 0.15) is 0 Å². The SMILES string of the molecule is CC(=O)c1cccc(NC(=O)c2ccc3c(c2)n(C)c(=O)n3C)c1. The van der Waals surface area contributed by atoms with Gasteiger partial charge in [0, 0.05) is 30.9 Å². The monoisotopic (exact) mass is 323 g/mol. The molecule has 0 bridgehead atoms. The molecule has 0 fully saturated rings. The maximum Gasteiger partial charge on any atom is 0.328 e. The molecule has 24 heavy (non-hydrogen) atoms. The van der Waals surface area contributed by atoms with E-state index >= 15 is 0 Å². The summed E-state index contributed by atoms with van der Waals surface area (Å²) in [5.41, 5.74) is 2.84. The minimum absolute atomic E-state index is 0.0631. The number of amides is 1. The summed E-state index contributed by atoms with van der Waals surface area (Å²) >= 11 is 0. The first kappa shape index (κ1) is 15.7. The highest BCUT2D eigenvalue weighted by molar-refractivity contribution is 6.06. The average Bonchev–Trinajstić information content (AvgIpc) is 2.79. The highest BCUT2D eigenvalue weighted by Crippen LogP contribution is 2.17. The number of nitrogens with zero attached hydrogens (tertiary/aromatic N) is 2. The van der Waals surface area contributed by atoms with Gasteiger partial charge in [-0.25, -0.2) is 4.79 Å². The Balaban J connectivity index is 1.94. The van der Waals surface area contributed by atoms with Crippen LogP contribution in [0.2, 0.25) is 0 Å². The molecule has 0 radical (unpaired) electrons. The molecule has 122 valence electrons. The number of aryl methyl sites for hydroxylation is 2. The minimum atomic E-state index is -0.297. The number of imidazole rings is 1. The van der Waals surface area contributed by atoms with Gasteiger partial charge in [0.25, 0.3) is 5.91 Å². The van der Waals surface area contributed by atoms with E-state index in [1.165, 1.54) is 16.1 Å². The van der Waals surface area contributed by atoms with Crippen LogP contribution in [-0.4, -0.2) is 20.8 Å². The fraction of sp³-hybridized carbons (Fsp3) is 0.167. The van der Waals surface area contributed by atoms with Crippen molar-refractivity contribution in [2.24, 2.45) is 14.1 Å². The second kappa shape index (κ2) is 5.81. The number of Topliss-reactive ketones (excluding diaryl/α,β-unsaturated/α-hetero) is 1. The van der Waals surface area contributed by atoms with Gasteiger partial charge in [0.05, 0.1) is 11.0 Å². The largest absolute Gasteiger partial charge is 0.328 e. The molecule has 0 aliphatic heterocycles. The molecule has 1 N–H and O–H groups in total. The number of ketones is 1. The molecule has 0 aliphatic rings.